The molecular formula is C69H57N. The molecule has 0 radical (unpaired) electrons. The first-order valence-corrected chi connectivity index (χ1v) is 24.8. The Morgan fingerprint density at radius 1 is 0.571 bits per heavy atom. The average Bonchev–Trinajstić information content (AvgIpc) is 3.72. The second kappa shape index (κ2) is 19.5. The minimum Gasteiger partial charge on any atom is -0.249 e. The Hall–Kier alpha value is -8.13. The molecule has 2 atom stereocenters. The van der Waals surface area contributed by atoms with Crippen molar-refractivity contribution >= 4 is 22.6 Å². The molecule has 0 N–H and O–H groups in total. The van der Waals surface area contributed by atoms with Crippen molar-refractivity contribution in [2.24, 2.45) is 10.9 Å². The van der Waals surface area contributed by atoms with Crippen LogP contribution in [0.2, 0.25) is 0 Å². The molecule has 0 bridgehead atoms. The van der Waals surface area contributed by atoms with E-state index in [1.165, 1.54) is 83.5 Å². The van der Waals surface area contributed by atoms with Crippen LogP contribution in [0, 0.1) is 12.8 Å². The van der Waals surface area contributed by atoms with E-state index in [0.717, 1.165) is 53.8 Å². The zero-order chi connectivity index (χ0) is 47.4. The minimum atomic E-state index is -0.519. The lowest BCUT2D eigenvalue weighted by atomic mass is 9.64. The largest absolute Gasteiger partial charge is 0.249 e. The molecule has 70 heavy (non-hydrogen) atoms. The Bertz CT molecular complexity index is 3440. The topological polar surface area (TPSA) is 12.4 Å². The van der Waals surface area contributed by atoms with Gasteiger partial charge in [-0.05, 0) is 152 Å². The standard InChI is InChI=1S/C69H57N/c1-48-21-13-16-33-63(48)69(64-34-17-14-28-60(64)46-51-22-7-4-8-23-51)65-35-18-15-31-62(65)68-61(32-20-36-66(68)69)59-30-19-29-58(47-59)50(3)70-67(45-49(2)52-24-9-5-10-25-52)57-43-41-56(42-44-57)55-39-37-54(38-40-55)53-26-11-6-12-27-53/h4-22,24-41,43,45,47,51H,3,23,42,44,46H2,1-2H3/b49-45+,70-67?. The molecule has 3 aliphatic carbocycles. The van der Waals surface area contributed by atoms with Crippen molar-refractivity contribution in [2.45, 2.75) is 44.9 Å². The molecule has 338 valence electrons. The second-order valence-electron chi connectivity index (χ2n) is 19.1. The third-order valence-electron chi connectivity index (χ3n) is 14.8. The molecule has 8 aromatic rings. The van der Waals surface area contributed by atoms with Crippen LogP contribution in [-0.4, -0.2) is 5.71 Å². The van der Waals surface area contributed by atoms with Crippen molar-refractivity contribution in [3.63, 3.8) is 0 Å². The molecule has 8 aromatic carbocycles. The van der Waals surface area contributed by atoms with Gasteiger partial charge in [0.15, 0.2) is 0 Å². The highest BCUT2D eigenvalue weighted by Crippen LogP contribution is 2.59. The van der Waals surface area contributed by atoms with Gasteiger partial charge in [-0.15, -0.1) is 0 Å². The van der Waals surface area contributed by atoms with Crippen molar-refractivity contribution in [3.8, 4) is 33.4 Å². The first-order chi connectivity index (χ1) is 34.5. The number of fused-ring (bicyclic) bond motifs is 3. The summed E-state index contributed by atoms with van der Waals surface area (Å²) in [6.07, 6.45) is 19.7. The fourth-order valence-corrected chi connectivity index (χ4v) is 11.3. The number of aryl methyl sites for hydroxylation is 1. The van der Waals surface area contributed by atoms with Gasteiger partial charge >= 0.3 is 0 Å². The third kappa shape index (κ3) is 8.43. The van der Waals surface area contributed by atoms with Gasteiger partial charge in [0, 0.05) is 5.56 Å². The van der Waals surface area contributed by atoms with Gasteiger partial charge in [0.2, 0.25) is 0 Å². The molecule has 0 aliphatic heterocycles. The fraction of sp³-hybridized carbons (Fsp3) is 0.116. The first-order valence-electron chi connectivity index (χ1n) is 24.8. The predicted molar refractivity (Wildman–Crippen MR) is 298 cm³/mol. The van der Waals surface area contributed by atoms with Crippen LogP contribution in [0.3, 0.4) is 0 Å². The molecule has 1 heteroatoms. The van der Waals surface area contributed by atoms with E-state index < -0.39 is 5.41 Å². The average molecular weight is 900 g/mol. The van der Waals surface area contributed by atoms with Gasteiger partial charge in [-0.2, -0.15) is 0 Å². The Morgan fingerprint density at radius 2 is 1.20 bits per heavy atom. The molecular weight excluding hydrogens is 843 g/mol. The van der Waals surface area contributed by atoms with Crippen LogP contribution in [-0.2, 0) is 11.8 Å². The highest BCUT2D eigenvalue weighted by Gasteiger charge is 2.48. The summed E-state index contributed by atoms with van der Waals surface area (Å²) in [4.78, 5) is 5.43. The number of nitrogens with zero attached hydrogens (tertiary/aromatic N) is 1. The van der Waals surface area contributed by atoms with Crippen molar-refractivity contribution in [3.05, 3.63) is 305 Å². The summed E-state index contributed by atoms with van der Waals surface area (Å²) < 4.78 is 0. The summed E-state index contributed by atoms with van der Waals surface area (Å²) in [5.41, 5.74) is 23.7. The molecule has 2 unspecified atom stereocenters. The maximum atomic E-state index is 5.43. The van der Waals surface area contributed by atoms with Crippen LogP contribution in [0.4, 0.5) is 0 Å². The van der Waals surface area contributed by atoms with Gasteiger partial charge < -0.3 is 0 Å². The highest BCUT2D eigenvalue weighted by atomic mass is 14.8. The van der Waals surface area contributed by atoms with Crippen molar-refractivity contribution < 1.29 is 0 Å². The van der Waals surface area contributed by atoms with Crippen molar-refractivity contribution in [1.82, 2.24) is 0 Å². The lowest BCUT2D eigenvalue weighted by Gasteiger charge is -2.37. The number of hydrogen-bond donors (Lipinski definition) is 0. The van der Waals surface area contributed by atoms with Gasteiger partial charge in [0.05, 0.1) is 16.8 Å². The van der Waals surface area contributed by atoms with Crippen LogP contribution in [0.1, 0.15) is 76.3 Å². The SMILES string of the molecule is C=C(N=C(/C=C(\C)c1ccccc1)C1=CC=C(c2ccc(-c3ccccc3)cc2)CC1)c1cccc(-c2cccc3c2-c2ccccc2C3(c2ccccc2C)c2ccccc2CC2C=CC=CC2)c1. The smallest absolute Gasteiger partial charge is 0.0718 e. The van der Waals surface area contributed by atoms with E-state index in [2.05, 4.69) is 263 Å². The van der Waals surface area contributed by atoms with Crippen LogP contribution in [0.25, 0.3) is 50.2 Å². The van der Waals surface area contributed by atoms with E-state index >= 15 is 0 Å². The molecule has 0 saturated heterocycles. The summed E-state index contributed by atoms with van der Waals surface area (Å²) in [6.45, 7) is 9.14. The number of benzene rings is 8. The molecule has 11 rings (SSSR count). The van der Waals surface area contributed by atoms with Gasteiger partial charge in [-0.3, -0.25) is 0 Å². The Balaban J connectivity index is 0.996. The number of allylic oxidation sites excluding steroid dienone is 10. The fourth-order valence-electron chi connectivity index (χ4n) is 11.3. The molecule has 3 aliphatic rings. The summed E-state index contributed by atoms with van der Waals surface area (Å²) in [5, 5.41) is 0. The molecule has 0 amide bonds. The Morgan fingerprint density at radius 3 is 1.96 bits per heavy atom. The van der Waals surface area contributed by atoms with E-state index in [0.29, 0.717) is 5.92 Å². The predicted octanol–water partition coefficient (Wildman–Crippen LogP) is 17.7. The number of aliphatic imine (C=N–C) groups is 1. The van der Waals surface area contributed by atoms with E-state index in [-0.39, 0.29) is 0 Å². The Labute approximate surface area is 414 Å². The van der Waals surface area contributed by atoms with Gasteiger partial charge in [0.25, 0.3) is 0 Å². The highest BCUT2D eigenvalue weighted by molar-refractivity contribution is 6.14. The third-order valence-corrected chi connectivity index (χ3v) is 14.8. The summed E-state index contributed by atoms with van der Waals surface area (Å²) in [7, 11) is 0. The molecule has 0 fully saturated rings. The van der Waals surface area contributed by atoms with Gasteiger partial charge in [-0.25, -0.2) is 4.99 Å². The van der Waals surface area contributed by atoms with E-state index in [9.17, 15) is 0 Å². The molecule has 0 aromatic heterocycles. The summed E-state index contributed by atoms with van der Waals surface area (Å²) in [5.74, 6) is 0.450. The number of rotatable bonds is 12. The minimum absolute atomic E-state index is 0.450. The van der Waals surface area contributed by atoms with E-state index in [1.54, 1.807) is 0 Å². The van der Waals surface area contributed by atoms with Gasteiger partial charge in [-0.1, -0.05) is 237 Å². The first kappa shape index (κ1) is 44.4. The normalized spacial score (nSPS) is 17.4. The Kier molecular flexibility index (Phi) is 12.3. The maximum Gasteiger partial charge on any atom is 0.0718 e. The van der Waals surface area contributed by atoms with Crippen LogP contribution >= 0.6 is 0 Å². The molecule has 0 heterocycles. The lowest BCUT2D eigenvalue weighted by molar-refractivity contribution is 0.637. The molecule has 0 saturated carbocycles. The van der Waals surface area contributed by atoms with Crippen LogP contribution in [0.5, 0.6) is 0 Å². The molecule has 1 nitrogen and oxygen atoms in total. The monoisotopic (exact) mass is 899 g/mol. The van der Waals surface area contributed by atoms with Crippen molar-refractivity contribution in [2.75, 3.05) is 0 Å². The quantitative estimate of drug-likeness (QED) is 0.108. The van der Waals surface area contributed by atoms with Crippen molar-refractivity contribution in [1.29, 1.82) is 0 Å². The maximum absolute atomic E-state index is 5.43. The lowest BCUT2D eigenvalue weighted by Crippen LogP contribution is -2.31. The number of hydrogen-bond acceptors (Lipinski definition) is 1. The molecule has 0 spiro atoms. The van der Waals surface area contributed by atoms with E-state index in [4.69, 9.17) is 4.99 Å². The van der Waals surface area contributed by atoms with Crippen LogP contribution in [0.15, 0.2) is 260 Å². The summed E-state index contributed by atoms with van der Waals surface area (Å²) in [6, 6.07) is 73.5. The van der Waals surface area contributed by atoms with E-state index in [1.807, 2.05) is 0 Å². The zero-order valence-corrected chi connectivity index (χ0v) is 40.2. The second-order valence-corrected chi connectivity index (χ2v) is 19.1. The summed E-state index contributed by atoms with van der Waals surface area (Å²) >= 11 is 0. The van der Waals surface area contributed by atoms with Crippen LogP contribution < -0.4 is 0 Å². The zero-order valence-electron chi connectivity index (χ0n) is 40.2. The van der Waals surface area contributed by atoms with Gasteiger partial charge in [0.1, 0.15) is 0 Å².